The van der Waals surface area contributed by atoms with E-state index in [-0.39, 0.29) is 19.1 Å². The first-order valence-corrected chi connectivity index (χ1v) is 4.80. The quantitative estimate of drug-likeness (QED) is 0.766. The molecular weight excluding hydrogens is 206 g/mol. The van der Waals surface area contributed by atoms with E-state index in [1.54, 1.807) is 31.3 Å². The van der Waals surface area contributed by atoms with Crippen molar-refractivity contribution in [2.75, 3.05) is 25.5 Å². The Labute approximate surface area is 94.0 Å². The number of carbonyl (C=O) groups excluding carboxylic acids is 1. The highest BCUT2D eigenvalue weighted by molar-refractivity contribution is 5.92. The fourth-order valence-corrected chi connectivity index (χ4v) is 1.14. The Morgan fingerprint density at radius 1 is 1.56 bits per heavy atom. The summed E-state index contributed by atoms with van der Waals surface area (Å²) in [6.07, 6.45) is 0. The lowest BCUT2D eigenvalue weighted by Gasteiger charge is -2.06. The van der Waals surface area contributed by atoms with Gasteiger partial charge in [0.05, 0.1) is 6.54 Å². The molecule has 0 aromatic heterocycles. The van der Waals surface area contributed by atoms with Gasteiger partial charge in [0, 0.05) is 11.8 Å². The molecule has 0 bridgehead atoms. The summed E-state index contributed by atoms with van der Waals surface area (Å²) >= 11 is 0. The molecule has 1 aromatic rings. The van der Waals surface area contributed by atoms with Crippen molar-refractivity contribution >= 4 is 11.6 Å². The first kappa shape index (κ1) is 12.0. The molecule has 0 saturated heterocycles. The molecule has 1 aromatic carbocycles. The second kappa shape index (κ2) is 6.43. The highest BCUT2D eigenvalue weighted by Gasteiger charge is 2.01. The van der Waals surface area contributed by atoms with Crippen LogP contribution in [0.15, 0.2) is 24.3 Å². The van der Waals surface area contributed by atoms with Crippen LogP contribution in [0.4, 0.5) is 5.69 Å². The number of rotatable bonds is 5. The molecule has 84 valence electrons. The van der Waals surface area contributed by atoms with Gasteiger partial charge in [0.2, 0.25) is 5.91 Å². The van der Waals surface area contributed by atoms with E-state index in [2.05, 4.69) is 10.6 Å². The number of likely N-dealkylation sites (N-methyl/N-ethyl adjacent to an activating group) is 1. The van der Waals surface area contributed by atoms with Gasteiger partial charge in [-0.05, 0) is 19.2 Å². The van der Waals surface area contributed by atoms with Gasteiger partial charge < -0.3 is 15.4 Å². The zero-order chi connectivity index (χ0) is 11.8. The van der Waals surface area contributed by atoms with Crippen LogP contribution >= 0.6 is 0 Å². The Hall–Kier alpha value is -2.06. The van der Waals surface area contributed by atoms with Crippen molar-refractivity contribution in [1.82, 2.24) is 5.32 Å². The average molecular weight is 219 g/mol. The number of nitrogens with one attached hydrogen (secondary N) is 2. The van der Waals surface area contributed by atoms with E-state index in [0.717, 1.165) is 0 Å². The van der Waals surface area contributed by atoms with Gasteiger partial charge in [-0.3, -0.25) is 4.79 Å². The second-order valence-corrected chi connectivity index (χ2v) is 3.05. The summed E-state index contributed by atoms with van der Waals surface area (Å²) in [5, 5.41) is 13.8. The van der Waals surface area contributed by atoms with Gasteiger partial charge >= 0.3 is 0 Å². The van der Waals surface area contributed by atoms with Crippen molar-refractivity contribution in [2.45, 2.75) is 0 Å². The molecule has 2 N–H and O–H groups in total. The Bertz CT molecular complexity index is 398. The predicted octanol–water partition coefficient (Wildman–Crippen LogP) is 0.747. The van der Waals surface area contributed by atoms with Gasteiger partial charge in [0.1, 0.15) is 11.8 Å². The molecule has 0 radical (unpaired) electrons. The maximum Gasteiger partial charge on any atom is 0.238 e. The minimum absolute atomic E-state index is 0.00604. The van der Waals surface area contributed by atoms with Crippen LogP contribution in [0, 0.1) is 11.3 Å². The Morgan fingerprint density at radius 2 is 2.38 bits per heavy atom. The third-order valence-electron chi connectivity index (χ3n) is 1.76. The van der Waals surface area contributed by atoms with E-state index in [9.17, 15) is 4.79 Å². The molecule has 0 saturated carbocycles. The number of amides is 1. The molecule has 0 aliphatic carbocycles. The molecule has 5 nitrogen and oxygen atoms in total. The summed E-state index contributed by atoms with van der Waals surface area (Å²) < 4.78 is 5.11. The van der Waals surface area contributed by atoms with Crippen molar-refractivity contribution in [3.05, 3.63) is 24.3 Å². The standard InChI is InChI=1S/C11H13N3O2/c1-13-8-11(15)14-9-3-2-4-10(7-9)16-6-5-12/h2-4,7,13H,6,8H2,1H3,(H,14,15). The normalized spacial score (nSPS) is 9.25. The molecular formula is C11H13N3O2. The average Bonchev–Trinajstić information content (AvgIpc) is 2.27. The lowest BCUT2D eigenvalue weighted by Crippen LogP contribution is -2.24. The molecule has 1 rings (SSSR count). The van der Waals surface area contributed by atoms with E-state index >= 15 is 0 Å². The summed E-state index contributed by atoms with van der Waals surface area (Å²) in [4.78, 5) is 11.3. The lowest BCUT2D eigenvalue weighted by molar-refractivity contribution is -0.115. The van der Waals surface area contributed by atoms with Crippen LogP contribution in [0.1, 0.15) is 0 Å². The van der Waals surface area contributed by atoms with Crippen molar-refractivity contribution in [2.24, 2.45) is 0 Å². The molecule has 0 atom stereocenters. The predicted molar refractivity (Wildman–Crippen MR) is 60.1 cm³/mol. The van der Waals surface area contributed by atoms with Crippen LogP contribution in [-0.4, -0.2) is 26.1 Å². The number of nitrogens with zero attached hydrogens (tertiary/aromatic N) is 1. The SMILES string of the molecule is CNCC(=O)Nc1cccc(OCC#N)c1. The Kier molecular flexibility index (Phi) is 4.83. The van der Waals surface area contributed by atoms with Crippen LogP contribution in [0.5, 0.6) is 5.75 Å². The van der Waals surface area contributed by atoms with Gasteiger partial charge in [0.25, 0.3) is 0 Å². The fraction of sp³-hybridized carbons (Fsp3) is 0.273. The van der Waals surface area contributed by atoms with Gasteiger partial charge in [-0.2, -0.15) is 5.26 Å². The molecule has 16 heavy (non-hydrogen) atoms. The summed E-state index contributed by atoms with van der Waals surface area (Å²) in [5.74, 6) is 0.434. The van der Waals surface area contributed by atoms with Gasteiger partial charge in [-0.1, -0.05) is 6.07 Å². The molecule has 1 amide bonds. The number of nitriles is 1. The van der Waals surface area contributed by atoms with Crippen molar-refractivity contribution in [3.8, 4) is 11.8 Å². The summed E-state index contributed by atoms with van der Waals surface area (Å²) in [6.45, 7) is 0.247. The van der Waals surface area contributed by atoms with Crippen LogP contribution in [-0.2, 0) is 4.79 Å². The minimum Gasteiger partial charge on any atom is -0.479 e. The molecule has 0 aliphatic rings. The monoisotopic (exact) mass is 219 g/mol. The zero-order valence-corrected chi connectivity index (χ0v) is 8.99. The molecule has 0 fully saturated rings. The number of anilines is 1. The topological polar surface area (TPSA) is 74.2 Å². The zero-order valence-electron chi connectivity index (χ0n) is 8.99. The summed E-state index contributed by atoms with van der Waals surface area (Å²) in [5.41, 5.74) is 0.649. The van der Waals surface area contributed by atoms with Gasteiger partial charge in [-0.15, -0.1) is 0 Å². The van der Waals surface area contributed by atoms with Gasteiger partial charge in [0.15, 0.2) is 6.61 Å². The smallest absolute Gasteiger partial charge is 0.238 e. The third-order valence-corrected chi connectivity index (χ3v) is 1.76. The summed E-state index contributed by atoms with van der Waals surface area (Å²) in [7, 11) is 1.70. The lowest BCUT2D eigenvalue weighted by atomic mass is 10.3. The Morgan fingerprint density at radius 3 is 3.06 bits per heavy atom. The van der Waals surface area contributed by atoms with Crippen LogP contribution in [0.25, 0.3) is 0 Å². The highest BCUT2D eigenvalue weighted by Crippen LogP contribution is 2.16. The number of ether oxygens (including phenoxy) is 1. The van der Waals surface area contributed by atoms with Crippen molar-refractivity contribution in [3.63, 3.8) is 0 Å². The Balaban J connectivity index is 2.60. The number of benzene rings is 1. The molecule has 0 spiro atoms. The molecule has 0 unspecified atom stereocenters. The summed E-state index contributed by atoms with van der Waals surface area (Å²) in [6, 6.07) is 8.78. The van der Waals surface area contributed by atoms with E-state index in [1.807, 2.05) is 6.07 Å². The fourth-order valence-electron chi connectivity index (χ4n) is 1.14. The van der Waals surface area contributed by atoms with Crippen LogP contribution < -0.4 is 15.4 Å². The molecule has 0 aliphatic heterocycles. The number of carbonyl (C=O) groups is 1. The van der Waals surface area contributed by atoms with Crippen molar-refractivity contribution in [1.29, 1.82) is 5.26 Å². The van der Waals surface area contributed by atoms with E-state index in [0.29, 0.717) is 11.4 Å². The van der Waals surface area contributed by atoms with E-state index < -0.39 is 0 Å². The third kappa shape index (κ3) is 3.98. The van der Waals surface area contributed by atoms with E-state index in [4.69, 9.17) is 10.00 Å². The first-order valence-electron chi connectivity index (χ1n) is 4.80. The van der Waals surface area contributed by atoms with Crippen LogP contribution in [0.2, 0.25) is 0 Å². The minimum atomic E-state index is -0.125. The van der Waals surface area contributed by atoms with Crippen LogP contribution in [0.3, 0.4) is 0 Å². The molecule has 0 heterocycles. The van der Waals surface area contributed by atoms with E-state index in [1.165, 1.54) is 0 Å². The van der Waals surface area contributed by atoms with Gasteiger partial charge in [-0.25, -0.2) is 0 Å². The highest BCUT2D eigenvalue weighted by atomic mass is 16.5. The largest absolute Gasteiger partial charge is 0.479 e. The van der Waals surface area contributed by atoms with Crippen molar-refractivity contribution < 1.29 is 9.53 Å². The second-order valence-electron chi connectivity index (χ2n) is 3.05. The first-order chi connectivity index (χ1) is 7.76. The number of hydrogen-bond donors (Lipinski definition) is 2. The maximum atomic E-state index is 11.3. The maximum absolute atomic E-state index is 11.3. The number of hydrogen-bond acceptors (Lipinski definition) is 4. The molecule has 5 heteroatoms.